The third-order valence-electron chi connectivity index (χ3n) is 12.1. The van der Waals surface area contributed by atoms with Crippen molar-refractivity contribution in [3.8, 4) is 0 Å². The van der Waals surface area contributed by atoms with Crippen molar-refractivity contribution in [2.75, 3.05) is 6.61 Å². The van der Waals surface area contributed by atoms with Crippen LogP contribution in [0.5, 0.6) is 0 Å². The second-order valence-electron chi connectivity index (χ2n) is 16.5. The molecule has 57 heavy (non-hydrogen) atoms. The van der Waals surface area contributed by atoms with Gasteiger partial charge in [-0.3, -0.25) is 14.6 Å². The number of hydrogen-bond acceptors (Lipinski definition) is 6. The molecule has 0 saturated heterocycles. The molecule has 0 saturated carbocycles. The van der Waals surface area contributed by atoms with Crippen LogP contribution in [0.2, 0.25) is 0 Å². The SMILES string of the molecule is [2H]c1c2nc(c3c4nc(cc5[nH]c(cc6[nH]c1c(C)c6[C@@H](C)O)c(C)c5CC)C(CC)=C4C(=O)C3)[C@@H](CCC(=O)OC/C=C(\C)CC/C=C(\C)CCC=C(C)C)[C@@H]2C. The number of carbonyl (C=O) groups is 2. The standard InChI is InChI=1S/C49H62N4O4/c1-11-34-30(7)38-25-43-46(33(10)54)32(9)40(51-43)24-39-31(8)36(19-20-45(56)57-22-21-29(6)18-14-17-28(5)16-13-15-27(3)4)48(52-39)37-23-44(55)47-35(12-2)42(53-49(37)47)26-41(34)50-38/h15,17,21,24-26,31,33,36,50-51,54H,11-14,16,18-20,22-23H2,1-10H3/b28-17+,29-21+,38-25?,39-24?,40-24?,41-26?,42-26?,43-25?,48-37?/t31-,33+,36-/m0/s1/i24D. The van der Waals surface area contributed by atoms with Crippen LogP contribution in [-0.2, 0) is 27.2 Å². The first-order valence-corrected chi connectivity index (χ1v) is 21.0. The summed E-state index contributed by atoms with van der Waals surface area (Å²) in [5, 5.41) is 11.0. The van der Waals surface area contributed by atoms with Crippen molar-refractivity contribution in [3.63, 3.8) is 0 Å². The number of ketones is 1. The molecule has 3 N–H and O–H groups in total. The van der Waals surface area contributed by atoms with Gasteiger partial charge in [0.15, 0.2) is 5.78 Å². The molecule has 0 amide bonds. The van der Waals surface area contributed by atoms with E-state index in [9.17, 15) is 16.1 Å². The summed E-state index contributed by atoms with van der Waals surface area (Å²) in [6.07, 6.45) is 12.1. The molecule has 0 unspecified atom stereocenters. The normalized spacial score (nSPS) is 17.7. The van der Waals surface area contributed by atoms with Gasteiger partial charge in [-0.2, -0.15) is 0 Å². The molecule has 0 spiro atoms. The van der Waals surface area contributed by atoms with Crippen molar-refractivity contribution in [2.24, 2.45) is 0 Å². The summed E-state index contributed by atoms with van der Waals surface area (Å²) in [6, 6.07) is 4.33. The molecule has 8 heteroatoms. The van der Waals surface area contributed by atoms with E-state index in [4.69, 9.17) is 14.7 Å². The number of hydrogen-bond donors (Lipinski definition) is 3. The molecule has 8 nitrogen and oxygen atoms in total. The summed E-state index contributed by atoms with van der Waals surface area (Å²) >= 11 is 0. The van der Waals surface area contributed by atoms with Crippen molar-refractivity contribution < 1.29 is 20.8 Å². The number of ether oxygens (including phenoxy) is 1. The van der Waals surface area contributed by atoms with E-state index in [1.165, 1.54) is 16.7 Å². The maximum Gasteiger partial charge on any atom is 0.306 e. The van der Waals surface area contributed by atoms with E-state index in [2.05, 4.69) is 83.6 Å². The third kappa shape index (κ3) is 8.86. The predicted octanol–water partition coefficient (Wildman–Crippen LogP) is 11.6. The molecule has 2 aliphatic heterocycles. The monoisotopic (exact) mass is 771 g/mol. The topological polar surface area (TPSA) is 121 Å². The average Bonchev–Trinajstić information content (AvgIpc) is 3.94. The first kappa shape index (κ1) is 40.4. The van der Waals surface area contributed by atoms with Crippen LogP contribution >= 0.6 is 0 Å². The van der Waals surface area contributed by atoms with Crippen LogP contribution in [0.1, 0.15) is 170 Å². The number of aliphatic hydroxyl groups excluding tert-OH is 1. The van der Waals surface area contributed by atoms with Crippen molar-refractivity contribution in [1.82, 2.24) is 19.9 Å². The smallest absolute Gasteiger partial charge is 0.306 e. The number of aromatic nitrogens is 4. The Morgan fingerprint density at radius 3 is 2.33 bits per heavy atom. The molecule has 3 aromatic rings. The van der Waals surface area contributed by atoms with Crippen LogP contribution in [-0.4, -0.2) is 43.4 Å². The molecule has 0 radical (unpaired) electrons. The fraction of sp³-hybridized carbons (Fsp3) is 0.469. The quantitative estimate of drug-likeness (QED) is 0.111. The molecule has 0 fully saturated rings. The van der Waals surface area contributed by atoms with E-state index in [0.717, 1.165) is 93.4 Å². The van der Waals surface area contributed by atoms with Crippen molar-refractivity contribution in [1.29, 1.82) is 0 Å². The first-order chi connectivity index (χ1) is 27.6. The number of Topliss-reactive ketones (excluding diaryl/α,β-unsaturated/α-hetero) is 1. The highest BCUT2D eigenvalue weighted by atomic mass is 16.5. The summed E-state index contributed by atoms with van der Waals surface area (Å²) < 4.78 is 15.3. The zero-order chi connectivity index (χ0) is 42.0. The van der Waals surface area contributed by atoms with Crippen molar-refractivity contribution >= 4 is 45.0 Å². The molecule has 3 aliphatic rings. The van der Waals surface area contributed by atoms with Gasteiger partial charge in [-0.15, -0.1) is 0 Å². The summed E-state index contributed by atoms with van der Waals surface area (Å²) in [4.78, 5) is 44.7. The van der Waals surface area contributed by atoms with E-state index in [-0.39, 0.29) is 49.1 Å². The Labute approximate surface area is 340 Å². The second-order valence-corrected chi connectivity index (χ2v) is 16.5. The Morgan fingerprint density at radius 2 is 1.65 bits per heavy atom. The lowest BCUT2D eigenvalue weighted by molar-refractivity contribution is -0.142. The molecule has 302 valence electrons. The first-order valence-electron chi connectivity index (χ1n) is 21.5. The van der Waals surface area contributed by atoms with E-state index in [1.54, 1.807) is 6.92 Å². The fourth-order valence-corrected chi connectivity index (χ4v) is 8.80. The van der Waals surface area contributed by atoms with Crippen molar-refractivity contribution in [2.45, 2.75) is 145 Å². The Balaban J connectivity index is 1.37. The average molecular weight is 772 g/mol. The Hall–Kier alpha value is -4.82. The molecule has 6 rings (SSSR count). The van der Waals surface area contributed by atoms with Gasteiger partial charge in [-0.25, -0.2) is 4.98 Å². The zero-order valence-corrected chi connectivity index (χ0v) is 35.8. The number of rotatable bonds is 14. The number of nitrogens with one attached hydrogen (secondary N) is 2. The van der Waals surface area contributed by atoms with Gasteiger partial charge in [0, 0.05) is 69.1 Å². The number of carbonyl (C=O) groups excluding carboxylic acids is 2. The van der Waals surface area contributed by atoms with Crippen LogP contribution in [0.25, 0.3) is 33.2 Å². The lowest BCUT2D eigenvalue weighted by Crippen LogP contribution is -2.10. The van der Waals surface area contributed by atoms with Crippen LogP contribution in [0.3, 0.4) is 0 Å². The Kier molecular flexibility index (Phi) is 12.6. The largest absolute Gasteiger partial charge is 0.461 e. The molecule has 5 heterocycles. The summed E-state index contributed by atoms with van der Waals surface area (Å²) in [5.41, 5.74) is 16.0. The van der Waals surface area contributed by atoms with Crippen LogP contribution in [0, 0.1) is 13.8 Å². The van der Waals surface area contributed by atoms with E-state index in [1.807, 2.05) is 19.1 Å². The lowest BCUT2D eigenvalue weighted by Gasteiger charge is -2.17. The Bertz CT molecular complexity index is 2420. The van der Waals surface area contributed by atoms with Crippen molar-refractivity contribution in [3.05, 3.63) is 104 Å². The van der Waals surface area contributed by atoms with E-state index in [0.29, 0.717) is 35.3 Å². The molecule has 3 aromatic heterocycles. The number of aliphatic hydroxyl groups is 1. The summed E-state index contributed by atoms with van der Waals surface area (Å²) in [6.45, 7) is 20.8. The van der Waals surface area contributed by atoms with Crippen LogP contribution < -0.4 is 0 Å². The molecule has 3 atom stereocenters. The van der Waals surface area contributed by atoms with E-state index >= 15 is 0 Å². The van der Waals surface area contributed by atoms with Gasteiger partial charge in [-0.05, 0) is 140 Å². The lowest BCUT2D eigenvalue weighted by atomic mass is 9.85. The number of esters is 1. The highest BCUT2D eigenvalue weighted by Gasteiger charge is 2.39. The highest BCUT2D eigenvalue weighted by Crippen LogP contribution is 2.47. The molecule has 8 bridgehead atoms. The van der Waals surface area contributed by atoms with Gasteiger partial charge in [0.2, 0.25) is 0 Å². The number of nitrogens with zero attached hydrogens (tertiary/aromatic N) is 2. The number of aromatic amines is 2. The van der Waals surface area contributed by atoms with Gasteiger partial charge in [0.1, 0.15) is 6.61 Å². The molecule has 0 aromatic carbocycles. The second kappa shape index (κ2) is 17.8. The minimum atomic E-state index is -0.776. The minimum Gasteiger partial charge on any atom is -0.461 e. The molecule has 1 aliphatic carbocycles. The minimum absolute atomic E-state index is 0.0301. The summed E-state index contributed by atoms with van der Waals surface area (Å²) in [5.74, 6) is -0.716. The molecular formula is C49H62N4O4. The van der Waals surface area contributed by atoms with Gasteiger partial charge in [0.25, 0.3) is 0 Å². The van der Waals surface area contributed by atoms with Gasteiger partial charge in [0.05, 0.1) is 24.6 Å². The number of H-pyrrole nitrogens is 2. The predicted molar refractivity (Wildman–Crippen MR) is 233 cm³/mol. The van der Waals surface area contributed by atoms with Gasteiger partial charge >= 0.3 is 5.97 Å². The maximum atomic E-state index is 13.9. The third-order valence-corrected chi connectivity index (χ3v) is 12.1. The number of fused-ring (bicyclic) bond motifs is 8. The number of allylic oxidation sites excluding steroid dienone is 7. The van der Waals surface area contributed by atoms with Crippen LogP contribution in [0.15, 0.2) is 53.1 Å². The number of aryl methyl sites for hydroxylation is 3. The highest BCUT2D eigenvalue weighted by molar-refractivity contribution is 6.32. The Morgan fingerprint density at radius 1 is 0.947 bits per heavy atom. The zero-order valence-electron chi connectivity index (χ0n) is 36.8. The summed E-state index contributed by atoms with van der Waals surface area (Å²) in [7, 11) is 0. The van der Waals surface area contributed by atoms with E-state index < -0.39 is 6.10 Å². The van der Waals surface area contributed by atoms with Gasteiger partial charge < -0.3 is 19.8 Å². The fourth-order valence-electron chi connectivity index (χ4n) is 8.80. The maximum absolute atomic E-state index is 13.9. The van der Waals surface area contributed by atoms with Crippen LogP contribution in [0.4, 0.5) is 0 Å². The van der Waals surface area contributed by atoms with Gasteiger partial charge in [-0.1, -0.05) is 49.6 Å². The molecular weight excluding hydrogens is 709 g/mol.